The van der Waals surface area contributed by atoms with Crippen LogP contribution in [-0.4, -0.2) is 42.8 Å². The molecular formula is C29H24N2O5. The van der Waals surface area contributed by atoms with Gasteiger partial charge in [-0.05, 0) is 47.5 Å². The summed E-state index contributed by atoms with van der Waals surface area (Å²) in [6.45, 7) is 0. The molecule has 3 aliphatic heterocycles. The molecule has 2 saturated heterocycles. The highest BCUT2D eigenvalue weighted by Gasteiger charge is 2.64. The molecule has 36 heavy (non-hydrogen) atoms. The summed E-state index contributed by atoms with van der Waals surface area (Å²) >= 11 is 0. The van der Waals surface area contributed by atoms with Crippen LogP contribution in [0.25, 0.3) is 6.08 Å². The van der Waals surface area contributed by atoms with Crippen molar-refractivity contribution in [3.05, 3.63) is 95.7 Å². The molecule has 180 valence electrons. The van der Waals surface area contributed by atoms with E-state index in [2.05, 4.69) is 0 Å². The van der Waals surface area contributed by atoms with Gasteiger partial charge in [-0.3, -0.25) is 14.4 Å². The van der Waals surface area contributed by atoms with E-state index in [1.807, 2.05) is 47.5 Å². The van der Waals surface area contributed by atoms with Gasteiger partial charge >= 0.3 is 0 Å². The fourth-order valence-corrected chi connectivity index (χ4v) is 5.85. The first-order valence-corrected chi connectivity index (χ1v) is 11.8. The van der Waals surface area contributed by atoms with Gasteiger partial charge in [0.2, 0.25) is 11.8 Å². The Balaban J connectivity index is 1.49. The third-order valence-electron chi connectivity index (χ3n) is 7.41. The standard InChI is InChI=1S/C29H24N2O5/c1-35-21-13-12-18(16-22(21)36-2)27(32)26-24-23(25-20-11-7-6-8-17(20)14-15-30(25)26)28(33)31(29(24)34)19-9-4-3-5-10-19/h3-16,23-26H,1-2H3/t23-,24+,25?,26-/m0/s1. The summed E-state index contributed by atoms with van der Waals surface area (Å²) in [5.41, 5.74) is 2.83. The molecule has 3 aliphatic rings. The van der Waals surface area contributed by atoms with Crippen molar-refractivity contribution in [2.24, 2.45) is 11.8 Å². The highest BCUT2D eigenvalue weighted by atomic mass is 16.5. The van der Waals surface area contributed by atoms with Crippen molar-refractivity contribution in [2.75, 3.05) is 19.1 Å². The summed E-state index contributed by atoms with van der Waals surface area (Å²) in [7, 11) is 3.04. The number of carbonyl (C=O) groups is 3. The Morgan fingerprint density at radius 3 is 2.25 bits per heavy atom. The summed E-state index contributed by atoms with van der Waals surface area (Å²) in [4.78, 5) is 45.0. The maximum Gasteiger partial charge on any atom is 0.240 e. The topological polar surface area (TPSA) is 76.2 Å². The van der Waals surface area contributed by atoms with Crippen LogP contribution in [-0.2, 0) is 9.59 Å². The van der Waals surface area contributed by atoms with Crippen LogP contribution in [0.4, 0.5) is 5.69 Å². The second-order valence-corrected chi connectivity index (χ2v) is 9.11. The molecule has 0 bridgehead atoms. The van der Waals surface area contributed by atoms with Crippen LogP contribution < -0.4 is 14.4 Å². The molecule has 0 radical (unpaired) electrons. The van der Waals surface area contributed by atoms with E-state index in [-0.39, 0.29) is 17.6 Å². The molecule has 6 rings (SSSR count). The predicted molar refractivity (Wildman–Crippen MR) is 134 cm³/mol. The molecular weight excluding hydrogens is 456 g/mol. The number of para-hydroxylation sites is 1. The zero-order valence-electron chi connectivity index (χ0n) is 19.8. The maximum atomic E-state index is 14.1. The minimum absolute atomic E-state index is 0.242. The van der Waals surface area contributed by atoms with Crippen molar-refractivity contribution in [3.63, 3.8) is 0 Å². The zero-order valence-corrected chi connectivity index (χ0v) is 19.8. The van der Waals surface area contributed by atoms with Gasteiger partial charge in [0.05, 0.1) is 37.8 Å². The second kappa shape index (κ2) is 8.37. The summed E-state index contributed by atoms with van der Waals surface area (Å²) in [5.74, 6) is -1.45. The first-order chi connectivity index (χ1) is 17.5. The normalized spacial score (nSPS) is 23.8. The Morgan fingerprint density at radius 2 is 1.50 bits per heavy atom. The average molecular weight is 481 g/mol. The van der Waals surface area contributed by atoms with Gasteiger partial charge in [0.1, 0.15) is 6.04 Å². The van der Waals surface area contributed by atoms with Gasteiger partial charge in [-0.25, -0.2) is 4.90 Å². The van der Waals surface area contributed by atoms with Crippen LogP contribution in [0.15, 0.2) is 79.0 Å². The number of hydrogen-bond donors (Lipinski definition) is 0. The van der Waals surface area contributed by atoms with Gasteiger partial charge < -0.3 is 14.4 Å². The Morgan fingerprint density at radius 1 is 0.806 bits per heavy atom. The van der Waals surface area contributed by atoms with E-state index in [0.717, 1.165) is 11.1 Å². The fraction of sp³-hybridized carbons (Fsp3) is 0.207. The van der Waals surface area contributed by atoms with E-state index >= 15 is 0 Å². The highest BCUT2D eigenvalue weighted by Crippen LogP contribution is 2.53. The lowest BCUT2D eigenvalue weighted by Crippen LogP contribution is -2.44. The van der Waals surface area contributed by atoms with E-state index in [9.17, 15) is 14.4 Å². The lowest BCUT2D eigenvalue weighted by atomic mass is 9.83. The maximum absolute atomic E-state index is 14.1. The largest absolute Gasteiger partial charge is 0.493 e. The van der Waals surface area contributed by atoms with Gasteiger partial charge in [0.25, 0.3) is 0 Å². The zero-order chi connectivity index (χ0) is 25.0. The number of ketones is 1. The number of ether oxygens (including phenoxy) is 2. The summed E-state index contributed by atoms with van der Waals surface area (Å²) in [6, 6.07) is 20.4. The van der Waals surface area contributed by atoms with Crippen LogP contribution in [0.5, 0.6) is 11.5 Å². The van der Waals surface area contributed by atoms with Crippen LogP contribution in [0.2, 0.25) is 0 Å². The summed E-state index contributed by atoms with van der Waals surface area (Å²) < 4.78 is 10.7. The van der Waals surface area contributed by atoms with Crippen molar-refractivity contribution in [2.45, 2.75) is 12.1 Å². The highest BCUT2D eigenvalue weighted by molar-refractivity contribution is 6.24. The average Bonchev–Trinajstić information content (AvgIpc) is 3.40. The minimum Gasteiger partial charge on any atom is -0.493 e. The molecule has 0 saturated carbocycles. The van der Waals surface area contributed by atoms with Gasteiger partial charge in [-0.15, -0.1) is 0 Å². The van der Waals surface area contributed by atoms with Crippen molar-refractivity contribution < 1.29 is 23.9 Å². The van der Waals surface area contributed by atoms with Gasteiger partial charge in [-0.2, -0.15) is 0 Å². The molecule has 0 aliphatic carbocycles. The smallest absolute Gasteiger partial charge is 0.240 e. The number of hydrogen-bond acceptors (Lipinski definition) is 6. The molecule has 0 N–H and O–H groups in total. The first-order valence-electron chi connectivity index (χ1n) is 11.8. The van der Waals surface area contributed by atoms with Crippen molar-refractivity contribution >= 4 is 29.4 Å². The minimum atomic E-state index is -0.840. The number of carbonyl (C=O) groups excluding carboxylic acids is 3. The van der Waals surface area contributed by atoms with E-state index in [1.54, 1.807) is 42.5 Å². The number of methoxy groups -OCH3 is 2. The second-order valence-electron chi connectivity index (χ2n) is 9.11. The SMILES string of the molecule is COc1ccc(C(=O)[C@@H]2[C@@H]3C(=O)N(c4ccccc4)C(=O)[C@@H]3C3c4ccccc4C=CN32)cc1OC. The lowest BCUT2D eigenvalue weighted by Gasteiger charge is -2.35. The first kappa shape index (κ1) is 22.1. The molecule has 3 heterocycles. The van der Waals surface area contributed by atoms with E-state index in [4.69, 9.17) is 9.47 Å². The van der Waals surface area contributed by atoms with E-state index < -0.39 is 23.9 Å². The third-order valence-corrected chi connectivity index (χ3v) is 7.41. The van der Waals surface area contributed by atoms with Gasteiger partial charge in [0.15, 0.2) is 17.3 Å². The molecule has 0 spiro atoms. The summed E-state index contributed by atoms with van der Waals surface area (Å²) in [5, 5.41) is 0. The van der Waals surface area contributed by atoms with Crippen molar-refractivity contribution in [1.82, 2.24) is 4.90 Å². The molecule has 7 heteroatoms. The van der Waals surface area contributed by atoms with E-state index in [1.165, 1.54) is 19.1 Å². The number of fused-ring (bicyclic) bond motifs is 5. The van der Waals surface area contributed by atoms with Gasteiger partial charge in [-0.1, -0.05) is 42.5 Å². The molecule has 3 aromatic carbocycles. The quantitative estimate of drug-likeness (QED) is 0.404. The monoisotopic (exact) mass is 480 g/mol. The fourth-order valence-electron chi connectivity index (χ4n) is 5.85. The third kappa shape index (κ3) is 3.09. The van der Waals surface area contributed by atoms with Gasteiger partial charge in [0, 0.05) is 11.8 Å². The summed E-state index contributed by atoms with van der Waals surface area (Å²) in [6.07, 6.45) is 3.79. The van der Waals surface area contributed by atoms with Crippen molar-refractivity contribution in [1.29, 1.82) is 0 Å². The molecule has 7 nitrogen and oxygen atoms in total. The molecule has 3 aromatic rings. The number of anilines is 1. The molecule has 2 fully saturated rings. The van der Waals surface area contributed by atoms with Crippen molar-refractivity contribution in [3.8, 4) is 11.5 Å². The molecule has 1 unspecified atom stereocenters. The number of amides is 2. The van der Waals surface area contributed by atoms with Crippen LogP contribution in [0.1, 0.15) is 27.5 Å². The Kier molecular flexibility index (Phi) is 5.14. The molecule has 4 atom stereocenters. The van der Waals surface area contributed by atoms with Crippen LogP contribution >= 0.6 is 0 Å². The molecule has 0 aromatic heterocycles. The number of imide groups is 1. The lowest BCUT2D eigenvalue weighted by molar-refractivity contribution is -0.123. The number of Topliss-reactive ketones (excluding diaryl/α,β-unsaturated/α-hetero) is 1. The Hall–Kier alpha value is -4.39. The Bertz CT molecular complexity index is 1420. The predicted octanol–water partition coefficient (Wildman–Crippen LogP) is 4.10. The van der Waals surface area contributed by atoms with Crippen LogP contribution in [0.3, 0.4) is 0 Å². The van der Waals surface area contributed by atoms with E-state index in [0.29, 0.717) is 22.7 Å². The molecule has 2 amide bonds. The van der Waals surface area contributed by atoms with Crippen LogP contribution in [0, 0.1) is 11.8 Å². The number of benzene rings is 3. The number of rotatable bonds is 5. The number of nitrogens with zero attached hydrogens (tertiary/aromatic N) is 2. The Labute approximate surface area is 208 Å².